The number of carbonyl (C=O) groups is 2. The topological polar surface area (TPSA) is 124 Å². The molecule has 9 nitrogen and oxygen atoms in total. The van der Waals surface area contributed by atoms with Gasteiger partial charge < -0.3 is 25.7 Å². The fourth-order valence-electron chi connectivity index (χ4n) is 5.01. The van der Waals surface area contributed by atoms with Crippen LogP contribution in [0.3, 0.4) is 0 Å². The zero-order chi connectivity index (χ0) is 29.9. The molecule has 0 aliphatic carbocycles. The number of pyridine rings is 2. The number of nitrogens with two attached hydrogens (primary N) is 1. The summed E-state index contributed by atoms with van der Waals surface area (Å²) in [6.07, 6.45) is 8.67. The molecule has 0 bridgehead atoms. The molecule has 0 unspecified atom stereocenters. The highest BCUT2D eigenvalue weighted by molar-refractivity contribution is 7.18. The summed E-state index contributed by atoms with van der Waals surface area (Å²) >= 11 is 1.56. The maximum atomic E-state index is 13.2. The van der Waals surface area contributed by atoms with Gasteiger partial charge in [0.15, 0.2) is 0 Å². The first-order chi connectivity index (χ1) is 20.9. The van der Waals surface area contributed by atoms with Crippen LogP contribution in [0.15, 0.2) is 90.7 Å². The summed E-state index contributed by atoms with van der Waals surface area (Å²) in [5.74, 6) is 0.519. The van der Waals surface area contributed by atoms with E-state index < -0.39 is 0 Å². The molecular weight excluding hydrogens is 560 g/mol. The van der Waals surface area contributed by atoms with Crippen molar-refractivity contribution in [3.63, 3.8) is 0 Å². The molecule has 0 saturated carbocycles. The van der Waals surface area contributed by atoms with Gasteiger partial charge in [0, 0.05) is 64.3 Å². The number of nitrogens with zero attached hydrogens (tertiary/aromatic N) is 3. The van der Waals surface area contributed by atoms with E-state index in [4.69, 9.17) is 10.5 Å². The highest BCUT2D eigenvalue weighted by Crippen LogP contribution is 2.41. The maximum Gasteiger partial charge on any atom is 0.272 e. The lowest BCUT2D eigenvalue weighted by molar-refractivity contribution is 0.0956. The Morgan fingerprint density at radius 3 is 2.72 bits per heavy atom. The lowest BCUT2D eigenvalue weighted by atomic mass is 10.0. The number of nitrogens with one attached hydrogen (secondary N) is 2. The standard InChI is InChI=1S/C33H28N6O3S/c1-39-26-10-4-3-7-21(26)15-27(39)33(41)38-25-12-11-20(16-28(25)42-2)24-19-43-30-22(18-37-31(34)29(24)30)8-6-14-36-32(40)23-9-5-13-35-17-23/h3-13,15-19H,14H2,1-2H3,(H2,34,37)(H,36,40)(H,38,41). The van der Waals surface area contributed by atoms with Gasteiger partial charge in [0.25, 0.3) is 11.8 Å². The molecule has 0 fully saturated rings. The fourth-order valence-corrected chi connectivity index (χ4v) is 6.09. The Kier molecular flexibility index (Phi) is 7.59. The second kappa shape index (κ2) is 11.8. The van der Waals surface area contributed by atoms with Crippen molar-refractivity contribution in [2.45, 2.75) is 0 Å². The summed E-state index contributed by atoms with van der Waals surface area (Å²) < 4.78 is 8.53. The zero-order valence-corrected chi connectivity index (χ0v) is 24.3. The average molecular weight is 589 g/mol. The van der Waals surface area contributed by atoms with Crippen molar-refractivity contribution in [3.05, 3.63) is 108 Å². The number of para-hydroxylation sites is 1. The van der Waals surface area contributed by atoms with Crippen LogP contribution in [-0.2, 0) is 7.05 Å². The van der Waals surface area contributed by atoms with Crippen molar-refractivity contribution in [2.24, 2.45) is 7.05 Å². The van der Waals surface area contributed by atoms with E-state index in [0.717, 1.165) is 37.7 Å². The molecule has 0 aliphatic rings. The molecule has 4 heterocycles. The first-order valence-electron chi connectivity index (χ1n) is 13.5. The minimum atomic E-state index is -0.229. The molecule has 4 aromatic heterocycles. The normalized spacial score (nSPS) is 11.3. The third kappa shape index (κ3) is 5.43. The number of thiophene rings is 1. The molecule has 0 radical (unpaired) electrons. The molecular formula is C33H28N6O3S. The number of ether oxygens (including phenoxy) is 1. The smallest absolute Gasteiger partial charge is 0.272 e. The van der Waals surface area contributed by atoms with Crippen molar-refractivity contribution in [1.82, 2.24) is 19.9 Å². The molecule has 0 atom stereocenters. The largest absolute Gasteiger partial charge is 0.495 e. The van der Waals surface area contributed by atoms with Gasteiger partial charge in [0.2, 0.25) is 0 Å². The Labute approximate surface area is 251 Å². The number of nitrogen functional groups attached to an aromatic ring is 1. The first kappa shape index (κ1) is 27.7. The van der Waals surface area contributed by atoms with E-state index in [0.29, 0.717) is 35.1 Å². The number of benzene rings is 2. The predicted molar refractivity (Wildman–Crippen MR) is 172 cm³/mol. The van der Waals surface area contributed by atoms with Crippen LogP contribution in [0.1, 0.15) is 26.4 Å². The number of rotatable bonds is 8. The van der Waals surface area contributed by atoms with E-state index in [2.05, 4.69) is 20.6 Å². The Balaban J connectivity index is 1.23. The van der Waals surface area contributed by atoms with Crippen LogP contribution in [0.2, 0.25) is 0 Å². The van der Waals surface area contributed by atoms with Gasteiger partial charge in [-0.1, -0.05) is 36.4 Å². The quantitative estimate of drug-likeness (QED) is 0.196. The number of aromatic nitrogens is 3. The van der Waals surface area contributed by atoms with E-state index in [1.54, 1.807) is 43.0 Å². The number of aryl methyl sites for hydroxylation is 1. The van der Waals surface area contributed by atoms with Crippen molar-refractivity contribution >= 4 is 61.7 Å². The van der Waals surface area contributed by atoms with Crippen LogP contribution in [0.25, 0.3) is 38.2 Å². The number of hydrogen-bond acceptors (Lipinski definition) is 7. The summed E-state index contributed by atoms with van der Waals surface area (Å²) in [7, 11) is 3.45. The van der Waals surface area contributed by atoms with Crippen LogP contribution in [0, 0.1) is 0 Å². The molecule has 10 heteroatoms. The summed E-state index contributed by atoms with van der Waals surface area (Å²) in [5.41, 5.74) is 11.6. The first-order valence-corrected chi connectivity index (χ1v) is 14.4. The van der Waals surface area contributed by atoms with Crippen molar-refractivity contribution in [2.75, 3.05) is 24.7 Å². The Hall–Kier alpha value is -5.48. The van der Waals surface area contributed by atoms with E-state index in [1.807, 2.05) is 77.7 Å². The van der Waals surface area contributed by atoms with Crippen LogP contribution >= 0.6 is 11.3 Å². The van der Waals surface area contributed by atoms with E-state index >= 15 is 0 Å². The van der Waals surface area contributed by atoms with E-state index in [9.17, 15) is 9.59 Å². The van der Waals surface area contributed by atoms with Crippen LogP contribution in [-0.4, -0.2) is 40.0 Å². The summed E-state index contributed by atoms with van der Waals surface area (Å²) in [6, 6.07) is 18.8. The summed E-state index contributed by atoms with van der Waals surface area (Å²) in [4.78, 5) is 33.9. The van der Waals surface area contributed by atoms with E-state index in [-0.39, 0.29) is 11.8 Å². The van der Waals surface area contributed by atoms with Gasteiger partial charge >= 0.3 is 0 Å². The molecule has 2 aromatic carbocycles. The second-order valence-electron chi connectivity index (χ2n) is 9.82. The van der Waals surface area contributed by atoms with Crippen LogP contribution < -0.4 is 21.1 Å². The van der Waals surface area contributed by atoms with Crippen molar-refractivity contribution < 1.29 is 14.3 Å². The third-order valence-corrected chi connectivity index (χ3v) is 8.23. The number of amides is 2. The number of anilines is 2. The lowest BCUT2D eigenvalue weighted by Crippen LogP contribution is -2.23. The maximum absolute atomic E-state index is 13.2. The fraction of sp³-hybridized carbons (Fsp3) is 0.0909. The monoisotopic (exact) mass is 588 g/mol. The predicted octanol–water partition coefficient (Wildman–Crippen LogP) is 6.14. The van der Waals surface area contributed by atoms with Crippen molar-refractivity contribution in [3.8, 4) is 16.9 Å². The highest BCUT2D eigenvalue weighted by Gasteiger charge is 2.18. The number of methoxy groups -OCH3 is 1. The molecule has 0 spiro atoms. The van der Waals surface area contributed by atoms with Gasteiger partial charge in [-0.2, -0.15) is 0 Å². The Morgan fingerprint density at radius 2 is 1.93 bits per heavy atom. The van der Waals surface area contributed by atoms with Gasteiger partial charge in [0.05, 0.1) is 18.4 Å². The molecule has 2 amide bonds. The van der Waals surface area contributed by atoms with Crippen molar-refractivity contribution in [1.29, 1.82) is 0 Å². The lowest BCUT2D eigenvalue weighted by Gasteiger charge is -2.13. The zero-order valence-electron chi connectivity index (χ0n) is 23.5. The molecule has 4 N–H and O–H groups in total. The molecule has 6 rings (SSSR count). The van der Waals surface area contributed by atoms with Crippen LogP contribution in [0.5, 0.6) is 5.75 Å². The average Bonchev–Trinajstić information content (AvgIpc) is 3.63. The number of hydrogen-bond donors (Lipinski definition) is 3. The number of fused-ring (bicyclic) bond motifs is 2. The Morgan fingerprint density at radius 1 is 1.07 bits per heavy atom. The second-order valence-corrected chi connectivity index (χ2v) is 10.7. The molecule has 214 valence electrons. The van der Waals surface area contributed by atoms with E-state index in [1.165, 1.54) is 6.20 Å². The third-order valence-electron chi connectivity index (χ3n) is 7.20. The van der Waals surface area contributed by atoms with Gasteiger partial charge in [-0.3, -0.25) is 14.6 Å². The van der Waals surface area contributed by atoms with Gasteiger partial charge in [-0.25, -0.2) is 4.98 Å². The highest BCUT2D eigenvalue weighted by atomic mass is 32.1. The van der Waals surface area contributed by atoms with Crippen LogP contribution in [0.4, 0.5) is 11.5 Å². The SMILES string of the molecule is COc1cc(-c2csc3c(C=CCNC(=O)c4cccnc4)cnc(N)c23)ccc1NC(=O)c1cc2ccccc2n1C. The molecule has 0 aliphatic heterocycles. The van der Waals surface area contributed by atoms with Gasteiger partial charge in [0.1, 0.15) is 17.3 Å². The number of carbonyl (C=O) groups excluding carboxylic acids is 2. The molecule has 0 saturated heterocycles. The summed E-state index contributed by atoms with van der Waals surface area (Å²) in [5, 5.41) is 9.72. The molecule has 43 heavy (non-hydrogen) atoms. The minimum absolute atomic E-state index is 0.192. The summed E-state index contributed by atoms with van der Waals surface area (Å²) in [6.45, 7) is 0.348. The van der Waals surface area contributed by atoms with Gasteiger partial charge in [-0.05, 0) is 47.3 Å². The Bertz CT molecular complexity index is 2010. The molecule has 6 aromatic rings. The van der Waals surface area contributed by atoms with Gasteiger partial charge in [-0.15, -0.1) is 11.3 Å². The minimum Gasteiger partial charge on any atom is -0.495 e.